The number of rotatable bonds is 5. The predicted molar refractivity (Wildman–Crippen MR) is 167 cm³/mol. The number of benzene rings is 2. The molecule has 8 nitrogen and oxygen atoms in total. The van der Waals surface area contributed by atoms with E-state index in [1.54, 1.807) is 0 Å². The van der Waals surface area contributed by atoms with Gasteiger partial charge in [-0.15, -0.1) is 0 Å². The smallest absolute Gasteiger partial charge is 0.190 e. The lowest BCUT2D eigenvalue weighted by Crippen LogP contribution is -2.72. The van der Waals surface area contributed by atoms with Crippen LogP contribution in [0.2, 0.25) is 0 Å². The van der Waals surface area contributed by atoms with Crippen LogP contribution in [-0.4, -0.2) is 55.6 Å². The fourth-order valence-electron chi connectivity index (χ4n) is 10.1. The van der Waals surface area contributed by atoms with Crippen molar-refractivity contribution in [2.24, 2.45) is 0 Å². The van der Waals surface area contributed by atoms with Gasteiger partial charge in [0, 0.05) is 52.7 Å². The molecule has 8 bridgehead atoms. The van der Waals surface area contributed by atoms with E-state index in [4.69, 9.17) is 28.4 Å². The van der Waals surface area contributed by atoms with Crippen molar-refractivity contribution in [3.8, 4) is 11.1 Å². The summed E-state index contributed by atoms with van der Waals surface area (Å²) in [5, 5.41) is -2.84. The standard InChI is InChI=1S/C34H40O8P2/c1-27-17-31(5)40-28(2,37-27)18-32(6,39-27)43(31)25(35)23-15-11-9-13-21(23)22-14-10-12-16-24(22)26(36)44-33(7)19-29(3)38-30(4,42-33)20-34(44,8)41-29/h9-16H,17-20H2,1-8H3. The molecule has 0 saturated carbocycles. The van der Waals surface area contributed by atoms with Gasteiger partial charge in [-0.2, -0.15) is 0 Å². The van der Waals surface area contributed by atoms with Gasteiger partial charge in [-0.25, -0.2) is 0 Å². The summed E-state index contributed by atoms with van der Waals surface area (Å²) in [5.41, 5.74) is 2.65. The lowest BCUT2D eigenvalue weighted by molar-refractivity contribution is -0.468. The van der Waals surface area contributed by atoms with Gasteiger partial charge < -0.3 is 28.4 Å². The van der Waals surface area contributed by atoms with Crippen LogP contribution in [0, 0.1) is 0 Å². The third-order valence-corrected chi connectivity index (χ3v) is 16.2. The van der Waals surface area contributed by atoms with Crippen molar-refractivity contribution in [1.82, 2.24) is 0 Å². The SMILES string of the molecule is CC12CC3(C)OC(C)(CC(C)(O1)P3C(=O)c1ccccc1-c1ccccc1C(=O)P1C3(C)CC4(C)OC(C)(CC1(C)O4)O3)O2. The van der Waals surface area contributed by atoms with Crippen molar-refractivity contribution in [2.45, 2.75) is 126 Å². The maximum atomic E-state index is 14.8. The van der Waals surface area contributed by atoms with Crippen LogP contribution in [-0.2, 0) is 28.4 Å². The molecule has 10 rings (SSSR count). The molecule has 2 aromatic rings. The summed E-state index contributed by atoms with van der Waals surface area (Å²) in [5.74, 6) is -3.21. The second-order valence-corrected chi connectivity index (χ2v) is 20.9. The van der Waals surface area contributed by atoms with Crippen molar-refractivity contribution in [1.29, 1.82) is 0 Å². The van der Waals surface area contributed by atoms with E-state index in [9.17, 15) is 9.59 Å². The second kappa shape index (κ2) is 8.65. The summed E-state index contributed by atoms with van der Waals surface area (Å²) >= 11 is 0. The van der Waals surface area contributed by atoms with Crippen molar-refractivity contribution in [3.63, 3.8) is 0 Å². The van der Waals surface area contributed by atoms with Gasteiger partial charge in [0.2, 0.25) is 0 Å². The van der Waals surface area contributed by atoms with Crippen LogP contribution in [0.1, 0.15) is 102 Å². The molecule has 0 aliphatic carbocycles. The zero-order valence-electron chi connectivity index (χ0n) is 26.6. The zero-order valence-corrected chi connectivity index (χ0v) is 28.4. The maximum absolute atomic E-state index is 14.8. The normalized spacial score (nSPS) is 49.8. The van der Waals surface area contributed by atoms with E-state index in [1.807, 2.05) is 104 Å². The Bertz CT molecular complexity index is 1430. The van der Waals surface area contributed by atoms with Gasteiger partial charge in [0.05, 0.1) is 0 Å². The Hall–Kier alpha value is -1.60. The highest BCUT2D eigenvalue weighted by molar-refractivity contribution is 7.78. The highest BCUT2D eigenvalue weighted by Gasteiger charge is 2.74. The quantitative estimate of drug-likeness (QED) is 0.304. The predicted octanol–water partition coefficient (Wildman–Crippen LogP) is 8.07. The second-order valence-electron chi connectivity index (χ2n) is 14.9. The van der Waals surface area contributed by atoms with Crippen molar-refractivity contribution < 1.29 is 38.0 Å². The van der Waals surface area contributed by atoms with E-state index >= 15 is 0 Å². The molecule has 8 unspecified atom stereocenters. The molecular formula is C34H40O8P2. The molecule has 44 heavy (non-hydrogen) atoms. The maximum Gasteiger partial charge on any atom is 0.190 e. The lowest BCUT2D eigenvalue weighted by atomic mass is 9.96. The third-order valence-electron chi connectivity index (χ3n) is 10.1. The van der Waals surface area contributed by atoms with Gasteiger partial charge in [0.1, 0.15) is 21.4 Å². The monoisotopic (exact) mass is 638 g/mol. The van der Waals surface area contributed by atoms with E-state index in [0.29, 0.717) is 36.8 Å². The highest BCUT2D eigenvalue weighted by atomic mass is 31.1. The Morgan fingerprint density at radius 2 is 0.750 bits per heavy atom. The topological polar surface area (TPSA) is 89.5 Å². The van der Waals surface area contributed by atoms with Gasteiger partial charge in [0.25, 0.3) is 0 Å². The number of carbonyl (C=O) groups excluding carboxylic acids is 2. The first-order valence-electron chi connectivity index (χ1n) is 15.4. The minimum atomic E-state index is -1.45. The van der Waals surface area contributed by atoms with Crippen molar-refractivity contribution >= 4 is 26.9 Å². The molecule has 8 heterocycles. The molecule has 0 spiro atoms. The van der Waals surface area contributed by atoms with Crippen LogP contribution in [0.5, 0.6) is 0 Å². The van der Waals surface area contributed by atoms with Crippen LogP contribution in [0.15, 0.2) is 48.5 Å². The Morgan fingerprint density at radius 1 is 0.477 bits per heavy atom. The minimum Gasteiger partial charge on any atom is -0.339 e. The fraction of sp³-hybridized carbons (Fsp3) is 0.588. The summed E-state index contributed by atoms with van der Waals surface area (Å²) in [6, 6.07) is 15.3. The molecule has 8 aliphatic heterocycles. The average molecular weight is 639 g/mol. The van der Waals surface area contributed by atoms with Crippen molar-refractivity contribution in [2.75, 3.05) is 0 Å². The molecule has 0 N–H and O–H groups in total. The van der Waals surface area contributed by atoms with Crippen molar-refractivity contribution in [3.05, 3.63) is 59.7 Å². The molecule has 234 valence electrons. The molecule has 8 atom stereocenters. The third kappa shape index (κ3) is 4.05. The molecular weight excluding hydrogens is 598 g/mol. The Kier molecular flexibility index (Phi) is 5.85. The van der Waals surface area contributed by atoms with E-state index in [2.05, 4.69) is 0 Å². The van der Waals surface area contributed by atoms with Crippen LogP contribution in [0.3, 0.4) is 0 Å². The van der Waals surface area contributed by atoms with Gasteiger partial charge in [0.15, 0.2) is 34.2 Å². The zero-order chi connectivity index (χ0) is 31.3. The van der Waals surface area contributed by atoms with Gasteiger partial charge in [-0.3, -0.25) is 9.59 Å². The Balaban J connectivity index is 1.20. The minimum absolute atomic E-state index is 0.0118. The van der Waals surface area contributed by atoms with Crippen LogP contribution in [0.4, 0.5) is 0 Å². The first-order chi connectivity index (χ1) is 20.3. The number of ether oxygens (including phenoxy) is 6. The van der Waals surface area contributed by atoms with Gasteiger partial charge >= 0.3 is 0 Å². The Labute approximate surface area is 260 Å². The highest BCUT2D eigenvalue weighted by Crippen LogP contribution is 2.79. The van der Waals surface area contributed by atoms with Gasteiger partial charge in [-0.1, -0.05) is 48.5 Å². The van der Waals surface area contributed by atoms with E-state index < -0.39 is 60.4 Å². The molecule has 8 aliphatic rings. The molecule has 0 radical (unpaired) electrons. The molecule has 8 saturated heterocycles. The number of carbonyl (C=O) groups is 2. The largest absolute Gasteiger partial charge is 0.339 e. The van der Waals surface area contributed by atoms with Crippen LogP contribution >= 0.6 is 15.8 Å². The molecule has 0 amide bonds. The van der Waals surface area contributed by atoms with E-state index in [-0.39, 0.29) is 11.0 Å². The molecule has 0 aromatic heterocycles. The summed E-state index contributed by atoms with van der Waals surface area (Å²) in [6.07, 6.45) is 1.90. The summed E-state index contributed by atoms with van der Waals surface area (Å²) in [4.78, 5) is 29.6. The Morgan fingerprint density at radius 3 is 1.05 bits per heavy atom. The van der Waals surface area contributed by atoms with Crippen LogP contribution in [0.25, 0.3) is 11.1 Å². The van der Waals surface area contributed by atoms with Crippen LogP contribution < -0.4 is 0 Å². The van der Waals surface area contributed by atoms with Gasteiger partial charge in [-0.05, 0) is 66.5 Å². The fourth-order valence-corrected chi connectivity index (χ4v) is 17.6. The summed E-state index contributed by atoms with van der Waals surface area (Å²) < 4.78 is 38.7. The van der Waals surface area contributed by atoms with E-state index in [0.717, 1.165) is 11.1 Å². The average Bonchev–Trinajstić information content (AvgIpc) is 2.82. The summed E-state index contributed by atoms with van der Waals surface area (Å²) in [7, 11) is -2.90. The lowest BCUT2D eigenvalue weighted by Gasteiger charge is -2.69. The number of hydrogen-bond acceptors (Lipinski definition) is 8. The summed E-state index contributed by atoms with van der Waals surface area (Å²) in [6.45, 7) is 15.9. The molecule has 10 heteroatoms. The number of hydrogen-bond donors (Lipinski definition) is 0. The molecule has 8 fully saturated rings. The first kappa shape index (κ1) is 29.8. The molecule has 2 aromatic carbocycles. The first-order valence-corrected chi connectivity index (χ1v) is 18.1. The van der Waals surface area contributed by atoms with E-state index in [1.165, 1.54) is 0 Å².